The Bertz CT molecular complexity index is 714. The zero-order chi connectivity index (χ0) is 19.2. The third kappa shape index (κ3) is 5.13. The van der Waals surface area contributed by atoms with Crippen molar-refractivity contribution in [2.24, 2.45) is 0 Å². The Morgan fingerprint density at radius 1 is 1.04 bits per heavy atom. The maximum absolute atomic E-state index is 14.4. The van der Waals surface area contributed by atoms with Gasteiger partial charge in [0.1, 0.15) is 6.17 Å². The third-order valence-corrected chi connectivity index (χ3v) is 5.47. The fraction of sp³-hybridized carbons (Fsp3) is 0.478. The van der Waals surface area contributed by atoms with E-state index in [9.17, 15) is 13.2 Å². The van der Waals surface area contributed by atoms with Crippen LogP contribution in [0.4, 0.5) is 13.2 Å². The predicted octanol–water partition coefficient (Wildman–Crippen LogP) is 6.91. The summed E-state index contributed by atoms with van der Waals surface area (Å²) in [4.78, 5) is 0. The van der Waals surface area contributed by atoms with E-state index in [-0.39, 0.29) is 12.3 Å². The van der Waals surface area contributed by atoms with Crippen LogP contribution >= 0.6 is 0 Å². The highest BCUT2D eigenvalue weighted by Gasteiger charge is 2.34. The Morgan fingerprint density at radius 2 is 1.78 bits per heavy atom. The molecule has 0 bridgehead atoms. The molecule has 0 radical (unpaired) electrons. The Balaban J connectivity index is 1.76. The highest BCUT2D eigenvalue weighted by Crippen LogP contribution is 2.40. The molecule has 3 unspecified atom stereocenters. The molecule has 3 atom stereocenters. The Labute approximate surface area is 159 Å². The molecule has 1 saturated carbocycles. The molecular formula is C23H27F3O. The van der Waals surface area contributed by atoms with Gasteiger partial charge in [0.05, 0.1) is 6.10 Å². The fourth-order valence-corrected chi connectivity index (χ4v) is 4.00. The minimum Gasteiger partial charge on any atom is -0.317 e. The van der Waals surface area contributed by atoms with Crippen molar-refractivity contribution in [1.82, 2.24) is 0 Å². The summed E-state index contributed by atoms with van der Waals surface area (Å²) in [5.74, 6) is 0.0218. The molecule has 0 amide bonds. The number of benzene rings is 2. The first kappa shape index (κ1) is 19.9. The van der Waals surface area contributed by atoms with Crippen LogP contribution in [0.1, 0.15) is 56.1 Å². The second-order valence-corrected chi connectivity index (χ2v) is 7.35. The number of hydrogen-bond donors (Lipinski definition) is 0. The summed E-state index contributed by atoms with van der Waals surface area (Å²) in [6.07, 6.45) is 2.28. The van der Waals surface area contributed by atoms with Gasteiger partial charge < -0.3 is 4.74 Å². The largest absolute Gasteiger partial charge is 0.345 e. The Hall–Kier alpha value is -1.81. The Morgan fingerprint density at radius 3 is 2.44 bits per heavy atom. The molecule has 1 aliphatic rings. The average molecular weight is 376 g/mol. The van der Waals surface area contributed by atoms with Gasteiger partial charge in [0.25, 0.3) is 0 Å². The number of unbranched alkanes of at least 4 members (excludes halogenated alkanes) is 1. The highest BCUT2D eigenvalue weighted by atomic mass is 19.3. The normalized spacial score (nSPS) is 22.9. The van der Waals surface area contributed by atoms with E-state index >= 15 is 0 Å². The molecule has 1 fully saturated rings. The summed E-state index contributed by atoms with van der Waals surface area (Å²) < 4.78 is 43.7. The second kappa shape index (κ2) is 9.41. The molecule has 1 nitrogen and oxygen atoms in total. The number of aryl methyl sites for hydroxylation is 1. The summed E-state index contributed by atoms with van der Waals surface area (Å²) in [6.45, 7) is -0.729. The van der Waals surface area contributed by atoms with E-state index in [4.69, 9.17) is 0 Å². The molecule has 0 N–H and O–H groups in total. The van der Waals surface area contributed by atoms with Gasteiger partial charge in [0.15, 0.2) is 0 Å². The predicted molar refractivity (Wildman–Crippen MR) is 103 cm³/mol. The molecule has 0 spiro atoms. The lowest BCUT2D eigenvalue weighted by Crippen LogP contribution is -2.33. The quantitative estimate of drug-likeness (QED) is 0.510. The molecule has 2 aromatic rings. The summed E-state index contributed by atoms with van der Waals surface area (Å²) in [5.41, 5.74) is 4.64. The SMILES string of the molecule is CCCCc1ccc(-c2ccccc2C2CCC(OC(F)F)C(F)C2)cc1. The standard InChI is InChI=1S/C23H27F3O/c1-2-3-6-16-9-11-17(12-10-16)19-7-4-5-8-20(19)18-13-14-22(21(24)15-18)27-23(25)26/h4-5,7-12,18,21-23H,2-3,6,13-15H2,1H3. The smallest absolute Gasteiger partial charge is 0.317 e. The lowest BCUT2D eigenvalue weighted by molar-refractivity contribution is -0.186. The first-order valence-corrected chi connectivity index (χ1v) is 9.84. The zero-order valence-electron chi connectivity index (χ0n) is 15.7. The molecule has 1 aliphatic carbocycles. The summed E-state index contributed by atoms with van der Waals surface area (Å²) in [7, 11) is 0. The van der Waals surface area contributed by atoms with Crippen molar-refractivity contribution in [1.29, 1.82) is 0 Å². The van der Waals surface area contributed by atoms with Gasteiger partial charge in [0, 0.05) is 0 Å². The topological polar surface area (TPSA) is 9.23 Å². The lowest BCUT2D eigenvalue weighted by Gasteiger charge is -2.32. The highest BCUT2D eigenvalue weighted by molar-refractivity contribution is 5.68. The van der Waals surface area contributed by atoms with Gasteiger partial charge >= 0.3 is 6.61 Å². The molecule has 146 valence electrons. The van der Waals surface area contributed by atoms with E-state index in [2.05, 4.69) is 42.0 Å². The van der Waals surface area contributed by atoms with E-state index < -0.39 is 18.9 Å². The third-order valence-electron chi connectivity index (χ3n) is 5.47. The van der Waals surface area contributed by atoms with Crippen LogP contribution in [0.2, 0.25) is 0 Å². The van der Waals surface area contributed by atoms with Gasteiger partial charge in [-0.25, -0.2) is 4.39 Å². The van der Waals surface area contributed by atoms with E-state index in [0.29, 0.717) is 12.8 Å². The van der Waals surface area contributed by atoms with Crippen LogP contribution in [0.15, 0.2) is 48.5 Å². The average Bonchev–Trinajstić information content (AvgIpc) is 2.68. The number of ether oxygens (including phenoxy) is 1. The molecule has 0 saturated heterocycles. The lowest BCUT2D eigenvalue weighted by atomic mass is 9.79. The van der Waals surface area contributed by atoms with Crippen molar-refractivity contribution in [2.45, 2.75) is 70.3 Å². The van der Waals surface area contributed by atoms with Crippen LogP contribution in [0.5, 0.6) is 0 Å². The molecule has 0 heterocycles. The second-order valence-electron chi connectivity index (χ2n) is 7.35. The van der Waals surface area contributed by atoms with Crippen LogP contribution in [0, 0.1) is 0 Å². The van der Waals surface area contributed by atoms with Gasteiger partial charge in [-0.15, -0.1) is 0 Å². The monoisotopic (exact) mass is 376 g/mol. The van der Waals surface area contributed by atoms with E-state index in [1.807, 2.05) is 18.2 Å². The summed E-state index contributed by atoms with van der Waals surface area (Å²) in [6, 6.07) is 16.6. The zero-order valence-corrected chi connectivity index (χ0v) is 15.7. The van der Waals surface area contributed by atoms with E-state index in [1.165, 1.54) is 18.4 Å². The molecule has 2 aromatic carbocycles. The number of alkyl halides is 3. The minimum absolute atomic E-state index is 0.0218. The van der Waals surface area contributed by atoms with E-state index in [1.54, 1.807) is 0 Å². The molecule has 0 aliphatic heterocycles. The van der Waals surface area contributed by atoms with Gasteiger partial charge in [-0.05, 0) is 60.3 Å². The molecule has 27 heavy (non-hydrogen) atoms. The molecule has 0 aromatic heterocycles. The Kier molecular flexibility index (Phi) is 6.95. The van der Waals surface area contributed by atoms with Crippen molar-refractivity contribution in [3.8, 4) is 11.1 Å². The molecule has 4 heteroatoms. The van der Waals surface area contributed by atoms with Crippen LogP contribution in [-0.4, -0.2) is 18.9 Å². The van der Waals surface area contributed by atoms with E-state index in [0.717, 1.165) is 23.1 Å². The van der Waals surface area contributed by atoms with Crippen molar-refractivity contribution in [2.75, 3.05) is 0 Å². The molecule has 3 rings (SSSR count). The van der Waals surface area contributed by atoms with Crippen LogP contribution in [0.3, 0.4) is 0 Å². The minimum atomic E-state index is -2.91. The summed E-state index contributed by atoms with van der Waals surface area (Å²) >= 11 is 0. The molecular weight excluding hydrogens is 349 g/mol. The van der Waals surface area contributed by atoms with Gasteiger partial charge in [0.2, 0.25) is 0 Å². The van der Waals surface area contributed by atoms with Gasteiger partial charge in [-0.2, -0.15) is 8.78 Å². The fourth-order valence-electron chi connectivity index (χ4n) is 4.00. The van der Waals surface area contributed by atoms with Crippen molar-refractivity contribution < 1.29 is 17.9 Å². The van der Waals surface area contributed by atoms with Gasteiger partial charge in [-0.3, -0.25) is 0 Å². The summed E-state index contributed by atoms with van der Waals surface area (Å²) in [5, 5.41) is 0. The van der Waals surface area contributed by atoms with Crippen molar-refractivity contribution >= 4 is 0 Å². The number of rotatable bonds is 7. The first-order valence-electron chi connectivity index (χ1n) is 9.84. The van der Waals surface area contributed by atoms with Crippen LogP contribution < -0.4 is 0 Å². The van der Waals surface area contributed by atoms with Gasteiger partial charge in [-0.1, -0.05) is 61.9 Å². The maximum atomic E-state index is 14.4. The van der Waals surface area contributed by atoms with Crippen LogP contribution in [0.25, 0.3) is 11.1 Å². The maximum Gasteiger partial charge on any atom is 0.345 e. The van der Waals surface area contributed by atoms with Crippen molar-refractivity contribution in [3.05, 3.63) is 59.7 Å². The number of hydrogen-bond acceptors (Lipinski definition) is 1. The number of halogens is 3. The first-order chi connectivity index (χ1) is 13.1. The van der Waals surface area contributed by atoms with Crippen LogP contribution in [-0.2, 0) is 11.2 Å². The van der Waals surface area contributed by atoms with Crippen molar-refractivity contribution in [3.63, 3.8) is 0 Å².